The molecule has 0 aliphatic rings. The molecule has 0 radical (unpaired) electrons. The molecule has 7 heteroatoms. The largest absolute Gasteiger partial charge is 0.493 e. The molecule has 0 saturated heterocycles. The van der Waals surface area contributed by atoms with Gasteiger partial charge in [0.2, 0.25) is 11.2 Å². The highest BCUT2D eigenvalue weighted by molar-refractivity contribution is 5.89. The van der Waals surface area contributed by atoms with Gasteiger partial charge in [0.05, 0.1) is 31.8 Å². The summed E-state index contributed by atoms with van der Waals surface area (Å²) in [5, 5.41) is 0.424. The van der Waals surface area contributed by atoms with Crippen molar-refractivity contribution < 1.29 is 28.2 Å². The summed E-state index contributed by atoms with van der Waals surface area (Å²) in [6.07, 6.45) is 0. The summed E-state index contributed by atoms with van der Waals surface area (Å²) < 4.78 is 28.0. The van der Waals surface area contributed by atoms with Crippen LogP contribution in [0.3, 0.4) is 0 Å². The Morgan fingerprint density at radius 1 is 0.914 bits per heavy atom. The van der Waals surface area contributed by atoms with Crippen molar-refractivity contribution >= 4 is 16.9 Å². The molecule has 1 heterocycles. The second-order valence-electron chi connectivity index (χ2n) is 7.86. The van der Waals surface area contributed by atoms with Gasteiger partial charge in [-0.1, -0.05) is 18.2 Å². The zero-order valence-electron chi connectivity index (χ0n) is 20.0. The number of carbonyl (C=O) groups excluding carboxylic acids is 1. The van der Waals surface area contributed by atoms with E-state index in [9.17, 15) is 9.59 Å². The molecule has 180 valence electrons. The lowest BCUT2D eigenvalue weighted by Gasteiger charge is -2.14. The minimum atomic E-state index is -0.388. The Morgan fingerprint density at radius 2 is 1.66 bits per heavy atom. The summed E-state index contributed by atoms with van der Waals surface area (Å²) in [6.45, 7) is 4.10. The molecule has 0 fully saturated rings. The van der Waals surface area contributed by atoms with Crippen LogP contribution in [0.2, 0.25) is 0 Å². The van der Waals surface area contributed by atoms with E-state index in [1.165, 1.54) is 0 Å². The first kappa shape index (κ1) is 23.9. The number of fused-ring (bicyclic) bond motifs is 1. The lowest BCUT2D eigenvalue weighted by molar-refractivity contribution is 0.0526. The van der Waals surface area contributed by atoms with E-state index >= 15 is 0 Å². The Bertz CT molecular complexity index is 1420. The monoisotopic (exact) mass is 474 g/mol. The van der Waals surface area contributed by atoms with Gasteiger partial charge < -0.3 is 23.4 Å². The van der Waals surface area contributed by atoms with Crippen molar-refractivity contribution in [2.75, 3.05) is 20.8 Å². The number of hydrogen-bond acceptors (Lipinski definition) is 7. The van der Waals surface area contributed by atoms with Crippen LogP contribution in [-0.2, 0) is 11.3 Å². The average molecular weight is 475 g/mol. The van der Waals surface area contributed by atoms with Gasteiger partial charge in [-0.05, 0) is 67.4 Å². The second-order valence-corrected chi connectivity index (χ2v) is 7.86. The van der Waals surface area contributed by atoms with E-state index < -0.39 is 0 Å². The van der Waals surface area contributed by atoms with Gasteiger partial charge in [-0.2, -0.15) is 0 Å². The Labute approximate surface area is 202 Å². The van der Waals surface area contributed by atoms with E-state index in [0.29, 0.717) is 40.2 Å². The van der Waals surface area contributed by atoms with E-state index in [4.69, 9.17) is 23.4 Å². The Kier molecular flexibility index (Phi) is 7.06. The van der Waals surface area contributed by atoms with Crippen molar-refractivity contribution in [1.29, 1.82) is 0 Å². The van der Waals surface area contributed by atoms with E-state index in [2.05, 4.69) is 0 Å². The molecule has 35 heavy (non-hydrogen) atoms. The fraction of sp³-hybridized carbons (Fsp3) is 0.214. The highest BCUT2D eigenvalue weighted by Crippen LogP contribution is 2.37. The topological polar surface area (TPSA) is 84.2 Å². The van der Waals surface area contributed by atoms with Gasteiger partial charge >= 0.3 is 5.97 Å². The first-order chi connectivity index (χ1) is 16.9. The predicted molar refractivity (Wildman–Crippen MR) is 132 cm³/mol. The summed E-state index contributed by atoms with van der Waals surface area (Å²) >= 11 is 0. The maximum Gasteiger partial charge on any atom is 0.338 e. The van der Waals surface area contributed by atoms with Crippen LogP contribution in [0.15, 0.2) is 69.9 Å². The van der Waals surface area contributed by atoms with Crippen molar-refractivity contribution in [1.82, 2.24) is 0 Å². The summed E-state index contributed by atoms with van der Waals surface area (Å²) in [6, 6.07) is 17.5. The van der Waals surface area contributed by atoms with Gasteiger partial charge in [-0.25, -0.2) is 4.79 Å². The van der Waals surface area contributed by atoms with Gasteiger partial charge in [0.1, 0.15) is 12.2 Å². The zero-order valence-corrected chi connectivity index (χ0v) is 20.0. The molecule has 1 aromatic heterocycles. The molecule has 3 aromatic carbocycles. The molecule has 7 nitrogen and oxygen atoms in total. The summed E-state index contributed by atoms with van der Waals surface area (Å²) in [7, 11) is 3.09. The number of benzene rings is 3. The number of rotatable bonds is 8. The van der Waals surface area contributed by atoms with E-state index in [1.54, 1.807) is 69.7 Å². The van der Waals surface area contributed by atoms with Crippen LogP contribution in [0.1, 0.15) is 28.4 Å². The zero-order chi connectivity index (χ0) is 24.9. The van der Waals surface area contributed by atoms with Crippen LogP contribution in [0, 0.1) is 6.92 Å². The molecular formula is C28H26O7. The predicted octanol–water partition coefficient (Wildman–Crippen LogP) is 5.54. The molecule has 0 aliphatic carbocycles. The number of hydrogen-bond donors (Lipinski definition) is 0. The van der Waals surface area contributed by atoms with E-state index in [1.807, 2.05) is 19.1 Å². The van der Waals surface area contributed by atoms with Crippen molar-refractivity contribution in [3.8, 4) is 28.6 Å². The highest BCUT2D eigenvalue weighted by Gasteiger charge is 2.20. The maximum atomic E-state index is 13.4. The van der Waals surface area contributed by atoms with Gasteiger partial charge in [0.25, 0.3) is 0 Å². The minimum absolute atomic E-state index is 0.0862. The lowest BCUT2D eigenvalue weighted by Crippen LogP contribution is -2.11. The van der Waals surface area contributed by atoms with Gasteiger partial charge in [-0.15, -0.1) is 0 Å². The van der Waals surface area contributed by atoms with Crippen molar-refractivity contribution in [3.05, 3.63) is 87.6 Å². The SMILES string of the molecule is CCOC(=O)c1ccc(COc2c(-c3ccc(OC)c(OC)c3)oc3cc(C)ccc3c2=O)cc1. The third-order valence-electron chi connectivity index (χ3n) is 5.50. The Hall–Kier alpha value is -4.26. The van der Waals surface area contributed by atoms with Crippen LogP contribution in [0.5, 0.6) is 17.2 Å². The Morgan fingerprint density at radius 3 is 2.34 bits per heavy atom. The molecule has 0 N–H and O–H groups in total. The second kappa shape index (κ2) is 10.3. The third kappa shape index (κ3) is 4.99. The van der Waals surface area contributed by atoms with E-state index in [-0.39, 0.29) is 29.5 Å². The molecule has 0 atom stereocenters. The quantitative estimate of drug-likeness (QED) is 0.310. The molecule has 0 saturated carbocycles. The number of methoxy groups -OCH3 is 2. The van der Waals surface area contributed by atoms with Crippen LogP contribution < -0.4 is 19.6 Å². The van der Waals surface area contributed by atoms with Gasteiger partial charge in [0, 0.05) is 5.56 Å². The lowest BCUT2D eigenvalue weighted by atomic mass is 10.1. The fourth-order valence-corrected chi connectivity index (χ4v) is 3.69. The smallest absolute Gasteiger partial charge is 0.338 e. The van der Waals surface area contributed by atoms with Gasteiger partial charge in [-0.3, -0.25) is 4.79 Å². The van der Waals surface area contributed by atoms with Crippen molar-refractivity contribution in [2.45, 2.75) is 20.5 Å². The number of aryl methyl sites for hydroxylation is 1. The average Bonchev–Trinajstić information content (AvgIpc) is 2.87. The molecule has 0 spiro atoms. The van der Waals surface area contributed by atoms with Crippen molar-refractivity contribution in [2.24, 2.45) is 0 Å². The number of ether oxygens (including phenoxy) is 4. The molecule has 0 bridgehead atoms. The highest BCUT2D eigenvalue weighted by atomic mass is 16.5. The van der Waals surface area contributed by atoms with Crippen molar-refractivity contribution in [3.63, 3.8) is 0 Å². The van der Waals surface area contributed by atoms with Crippen LogP contribution in [0.4, 0.5) is 0 Å². The number of esters is 1. The Balaban J connectivity index is 1.75. The molecule has 0 unspecified atom stereocenters. The molecular weight excluding hydrogens is 448 g/mol. The third-order valence-corrected chi connectivity index (χ3v) is 5.50. The summed E-state index contributed by atoms with van der Waals surface area (Å²) in [5.41, 5.74) is 2.98. The first-order valence-electron chi connectivity index (χ1n) is 11.1. The molecule has 0 amide bonds. The molecule has 4 rings (SSSR count). The van der Waals surface area contributed by atoms with Crippen LogP contribution in [0.25, 0.3) is 22.3 Å². The first-order valence-corrected chi connectivity index (χ1v) is 11.1. The van der Waals surface area contributed by atoms with Gasteiger partial charge in [0.15, 0.2) is 17.3 Å². The van der Waals surface area contributed by atoms with Crippen LogP contribution >= 0.6 is 0 Å². The van der Waals surface area contributed by atoms with E-state index in [0.717, 1.165) is 11.1 Å². The fourth-order valence-electron chi connectivity index (χ4n) is 3.69. The number of carbonyl (C=O) groups is 1. The maximum absolute atomic E-state index is 13.4. The summed E-state index contributed by atoms with van der Waals surface area (Å²) in [4.78, 5) is 25.3. The normalized spacial score (nSPS) is 10.7. The standard InChI is InChI=1S/C28H26O7/c1-5-33-28(30)19-9-7-18(8-10-19)16-34-27-25(29)21-12-6-17(2)14-23(21)35-26(27)20-11-13-22(31-3)24(15-20)32-4/h6-15H,5,16H2,1-4H3. The minimum Gasteiger partial charge on any atom is -0.493 e. The van der Waals surface area contributed by atoms with Crippen LogP contribution in [-0.4, -0.2) is 26.8 Å². The summed E-state index contributed by atoms with van der Waals surface area (Å²) in [5.74, 6) is 1.04. The molecule has 0 aliphatic heterocycles. The molecule has 4 aromatic rings.